The van der Waals surface area contributed by atoms with Crippen LogP contribution in [0.15, 0.2) is 41.3 Å². The van der Waals surface area contributed by atoms with E-state index < -0.39 is 10.0 Å². The fourth-order valence-corrected chi connectivity index (χ4v) is 4.28. The molecule has 6 nitrogen and oxygen atoms in total. The third-order valence-corrected chi connectivity index (χ3v) is 5.62. The lowest BCUT2D eigenvalue weighted by atomic mass is 10.1. The van der Waals surface area contributed by atoms with Crippen molar-refractivity contribution in [2.45, 2.75) is 25.2 Å². The second kappa shape index (κ2) is 6.40. The van der Waals surface area contributed by atoms with E-state index >= 15 is 0 Å². The van der Waals surface area contributed by atoms with Crippen molar-refractivity contribution in [2.24, 2.45) is 0 Å². The van der Waals surface area contributed by atoms with Gasteiger partial charge >= 0.3 is 0 Å². The zero-order valence-electron chi connectivity index (χ0n) is 14.4. The zero-order chi connectivity index (χ0) is 18.2. The molecule has 0 saturated heterocycles. The number of aryl methyl sites for hydroxylation is 1. The van der Waals surface area contributed by atoms with E-state index in [4.69, 9.17) is 4.74 Å². The van der Waals surface area contributed by atoms with Gasteiger partial charge in [0.05, 0.1) is 12.8 Å². The maximum atomic E-state index is 12.8. The van der Waals surface area contributed by atoms with Crippen molar-refractivity contribution in [3.05, 3.63) is 47.5 Å². The van der Waals surface area contributed by atoms with Gasteiger partial charge in [-0.1, -0.05) is 12.1 Å². The van der Waals surface area contributed by atoms with Crippen molar-refractivity contribution in [2.75, 3.05) is 23.3 Å². The topological polar surface area (TPSA) is 75.7 Å². The molecular weight excluding hydrogens is 340 g/mol. The van der Waals surface area contributed by atoms with E-state index in [0.29, 0.717) is 12.2 Å². The number of fused-ring (bicyclic) bond motifs is 1. The van der Waals surface area contributed by atoms with Crippen LogP contribution in [0, 0.1) is 6.92 Å². The summed E-state index contributed by atoms with van der Waals surface area (Å²) in [6.07, 6.45) is 0.771. The minimum atomic E-state index is -3.81. The molecule has 2 aromatic rings. The minimum absolute atomic E-state index is 0.0564. The fourth-order valence-electron chi connectivity index (χ4n) is 2.97. The third kappa shape index (κ3) is 3.32. The van der Waals surface area contributed by atoms with E-state index in [0.717, 1.165) is 23.2 Å². The molecule has 2 aromatic carbocycles. The molecule has 0 saturated carbocycles. The van der Waals surface area contributed by atoms with E-state index in [1.807, 2.05) is 13.0 Å². The van der Waals surface area contributed by atoms with Gasteiger partial charge in [-0.15, -0.1) is 0 Å². The predicted molar refractivity (Wildman–Crippen MR) is 96.7 cm³/mol. The number of methoxy groups -OCH3 is 1. The van der Waals surface area contributed by atoms with Crippen LogP contribution in [0.3, 0.4) is 0 Å². The van der Waals surface area contributed by atoms with Crippen molar-refractivity contribution in [1.29, 1.82) is 0 Å². The number of carbonyl (C=O) groups excluding carboxylic acids is 1. The summed E-state index contributed by atoms with van der Waals surface area (Å²) in [7, 11) is -2.38. The molecule has 0 atom stereocenters. The minimum Gasteiger partial charge on any atom is -0.495 e. The van der Waals surface area contributed by atoms with Crippen molar-refractivity contribution < 1.29 is 17.9 Å². The van der Waals surface area contributed by atoms with Crippen LogP contribution in [0.5, 0.6) is 5.75 Å². The Morgan fingerprint density at radius 1 is 1.20 bits per heavy atom. The second-order valence-electron chi connectivity index (χ2n) is 6.02. The molecule has 7 heteroatoms. The van der Waals surface area contributed by atoms with Gasteiger partial charge in [0, 0.05) is 19.2 Å². The van der Waals surface area contributed by atoms with Crippen molar-refractivity contribution in [1.82, 2.24) is 0 Å². The molecule has 0 spiro atoms. The number of nitrogens with zero attached hydrogens (tertiary/aromatic N) is 1. The Morgan fingerprint density at radius 2 is 1.96 bits per heavy atom. The molecular formula is C18H20N2O4S. The molecule has 25 heavy (non-hydrogen) atoms. The summed E-state index contributed by atoms with van der Waals surface area (Å²) in [4.78, 5) is 13.5. The number of hydrogen-bond donors (Lipinski definition) is 1. The van der Waals surface area contributed by atoms with E-state index in [1.165, 1.54) is 14.0 Å². The molecule has 0 aliphatic carbocycles. The largest absolute Gasteiger partial charge is 0.495 e. The second-order valence-corrected chi connectivity index (χ2v) is 7.67. The lowest BCUT2D eigenvalue weighted by Crippen LogP contribution is -2.25. The van der Waals surface area contributed by atoms with Crippen LogP contribution in [-0.4, -0.2) is 28.0 Å². The normalized spacial score (nSPS) is 13.5. The summed E-state index contributed by atoms with van der Waals surface area (Å²) in [5.41, 5.74) is 3.02. The van der Waals surface area contributed by atoms with Gasteiger partial charge in [0.25, 0.3) is 10.0 Å². The van der Waals surface area contributed by atoms with Crippen molar-refractivity contribution >= 4 is 27.3 Å². The van der Waals surface area contributed by atoms with Gasteiger partial charge in [0.15, 0.2) is 0 Å². The molecule has 1 aliphatic rings. The monoisotopic (exact) mass is 360 g/mol. The SMILES string of the molecule is COc1ccc(C)cc1S(=O)(=O)Nc1ccc2c(c1)N(C(C)=O)CC2. The molecule has 132 valence electrons. The standard InChI is InChI=1S/C18H20N2O4S/c1-12-4-7-17(24-3)18(10-12)25(22,23)19-15-6-5-14-8-9-20(13(2)21)16(14)11-15/h4-7,10-11,19H,8-9H2,1-3H3. The van der Waals surface area contributed by atoms with Gasteiger partial charge in [-0.25, -0.2) is 8.42 Å². The fraction of sp³-hybridized carbons (Fsp3) is 0.278. The van der Waals surface area contributed by atoms with Gasteiger partial charge in [0.1, 0.15) is 10.6 Å². The van der Waals surface area contributed by atoms with Crippen LogP contribution in [0.25, 0.3) is 0 Å². The molecule has 1 heterocycles. The van der Waals surface area contributed by atoms with Crippen LogP contribution in [-0.2, 0) is 21.2 Å². The average molecular weight is 360 g/mol. The maximum Gasteiger partial charge on any atom is 0.265 e. The molecule has 1 aliphatic heterocycles. The zero-order valence-corrected chi connectivity index (χ0v) is 15.2. The lowest BCUT2D eigenvalue weighted by molar-refractivity contribution is -0.116. The Labute approximate surface area is 147 Å². The first kappa shape index (κ1) is 17.3. The van der Waals surface area contributed by atoms with Crippen LogP contribution < -0.4 is 14.4 Å². The number of sulfonamides is 1. The van der Waals surface area contributed by atoms with Gasteiger partial charge < -0.3 is 9.64 Å². The molecule has 1 N–H and O–H groups in total. The molecule has 0 bridgehead atoms. The Bertz CT molecular complexity index is 938. The molecule has 0 unspecified atom stereocenters. The van der Waals surface area contributed by atoms with Gasteiger partial charge in [0.2, 0.25) is 5.91 Å². The number of hydrogen-bond acceptors (Lipinski definition) is 4. The summed E-state index contributed by atoms with van der Waals surface area (Å²) >= 11 is 0. The molecule has 3 rings (SSSR count). The number of nitrogens with one attached hydrogen (secondary N) is 1. The molecule has 0 aromatic heterocycles. The summed E-state index contributed by atoms with van der Waals surface area (Å²) in [6, 6.07) is 10.2. The van der Waals surface area contributed by atoms with E-state index in [1.54, 1.807) is 35.2 Å². The average Bonchev–Trinajstić information content (AvgIpc) is 2.97. The van der Waals surface area contributed by atoms with Crippen molar-refractivity contribution in [3.63, 3.8) is 0 Å². The number of carbonyl (C=O) groups is 1. The molecule has 0 fully saturated rings. The summed E-state index contributed by atoms with van der Waals surface area (Å²) in [5, 5.41) is 0. The van der Waals surface area contributed by atoms with Crippen LogP contribution >= 0.6 is 0 Å². The highest BCUT2D eigenvalue weighted by atomic mass is 32.2. The highest BCUT2D eigenvalue weighted by molar-refractivity contribution is 7.92. The number of ether oxygens (including phenoxy) is 1. The first-order valence-corrected chi connectivity index (χ1v) is 9.38. The summed E-state index contributed by atoms with van der Waals surface area (Å²) < 4.78 is 33.3. The highest BCUT2D eigenvalue weighted by Gasteiger charge is 2.24. The Morgan fingerprint density at radius 3 is 2.64 bits per heavy atom. The molecule has 1 amide bonds. The van der Waals surface area contributed by atoms with Crippen LogP contribution in [0.1, 0.15) is 18.1 Å². The van der Waals surface area contributed by atoms with Gasteiger partial charge in [-0.2, -0.15) is 0 Å². The number of anilines is 2. The maximum absolute atomic E-state index is 12.8. The third-order valence-electron chi connectivity index (χ3n) is 4.22. The first-order chi connectivity index (χ1) is 11.8. The highest BCUT2D eigenvalue weighted by Crippen LogP contribution is 2.33. The predicted octanol–water partition coefficient (Wildman–Crippen LogP) is 2.71. The summed E-state index contributed by atoms with van der Waals surface area (Å²) in [5.74, 6) is 0.226. The van der Waals surface area contributed by atoms with E-state index in [9.17, 15) is 13.2 Å². The van der Waals surface area contributed by atoms with E-state index in [2.05, 4.69) is 4.72 Å². The van der Waals surface area contributed by atoms with E-state index in [-0.39, 0.29) is 16.6 Å². The first-order valence-electron chi connectivity index (χ1n) is 7.90. The quantitative estimate of drug-likeness (QED) is 0.910. The lowest BCUT2D eigenvalue weighted by Gasteiger charge is -2.17. The summed E-state index contributed by atoms with van der Waals surface area (Å²) in [6.45, 7) is 3.94. The Balaban J connectivity index is 1.96. The van der Waals surface area contributed by atoms with Gasteiger partial charge in [-0.05, 0) is 48.7 Å². The Hall–Kier alpha value is -2.54. The Kier molecular flexibility index (Phi) is 4.43. The number of benzene rings is 2. The number of amides is 1. The van der Waals surface area contributed by atoms with Crippen LogP contribution in [0.2, 0.25) is 0 Å². The van der Waals surface area contributed by atoms with Crippen LogP contribution in [0.4, 0.5) is 11.4 Å². The van der Waals surface area contributed by atoms with Gasteiger partial charge in [-0.3, -0.25) is 9.52 Å². The smallest absolute Gasteiger partial charge is 0.265 e. The molecule has 0 radical (unpaired) electrons. The van der Waals surface area contributed by atoms with Crippen molar-refractivity contribution in [3.8, 4) is 5.75 Å². The number of rotatable bonds is 4.